The topological polar surface area (TPSA) is 82.2 Å². The van der Waals surface area contributed by atoms with Crippen molar-refractivity contribution in [2.24, 2.45) is 0 Å². The lowest BCUT2D eigenvalue weighted by atomic mass is 9.85. The molecule has 120 valence electrons. The van der Waals surface area contributed by atoms with Gasteiger partial charge in [-0.05, 0) is 35.6 Å². The van der Waals surface area contributed by atoms with E-state index in [0.29, 0.717) is 11.3 Å². The first-order chi connectivity index (χ1) is 11.5. The van der Waals surface area contributed by atoms with Crippen LogP contribution in [0, 0.1) is 6.92 Å². The Morgan fingerprint density at radius 3 is 2.75 bits per heavy atom. The third-order valence-electron chi connectivity index (χ3n) is 4.57. The number of nitrogens with one attached hydrogen (secondary N) is 2. The Morgan fingerprint density at radius 1 is 1.08 bits per heavy atom. The number of carbonyl (C=O) groups is 1. The van der Waals surface area contributed by atoms with E-state index in [1.54, 1.807) is 12.1 Å². The van der Waals surface area contributed by atoms with Gasteiger partial charge < -0.3 is 15.4 Å². The van der Waals surface area contributed by atoms with Crippen molar-refractivity contribution in [2.45, 2.75) is 19.3 Å². The quantitative estimate of drug-likeness (QED) is 0.644. The largest absolute Gasteiger partial charge is 0.508 e. The number of fused-ring (bicyclic) bond motifs is 2. The third-order valence-corrected chi connectivity index (χ3v) is 4.57. The van der Waals surface area contributed by atoms with Crippen LogP contribution in [-0.2, 0) is 4.79 Å². The molecule has 2 heterocycles. The van der Waals surface area contributed by atoms with Crippen molar-refractivity contribution >= 4 is 22.5 Å². The van der Waals surface area contributed by atoms with E-state index in [9.17, 15) is 14.7 Å². The van der Waals surface area contributed by atoms with Crippen LogP contribution in [0.1, 0.15) is 29.0 Å². The summed E-state index contributed by atoms with van der Waals surface area (Å²) in [5, 5.41) is 13.3. The molecule has 1 aromatic heterocycles. The zero-order valence-corrected chi connectivity index (χ0v) is 13.1. The average Bonchev–Trinajstić information content (AvgIpc) is 2.54. The minimum absolute atomic E-state index is 0.0812. The van der Waals surface area contributed by atoms with Gasteiger partial charge >= 0.3 is 0 Å². The number of phenolic OH excluding ortho intramolecular Hbond substituents is 1. The van der Waals surface area contributed by atoms with Crippen LogP contribution in [0.25, 0.3) is 10.9 Å². The highest BCUT2D eigenvalue weighted by atomic mass is 16.3. The molecule has 1 atom stereocenters. The van der Waals surface area contributed by atoms with Gasteiger partial charge in [0.2, 0.25) is 5.91 Å². The number of phenols is 1. The molecule has 0 saturated carbocycles. The SMILES string of the molecule is Cc1cccc2cc(C3CC(=O)Nc4cc(O)ccc43)c(=O)[nH]c12. The number of para-hydroxylation sites is 1. The standard InChI is InChI=1S/C19H16N2O3/c1-10-3-2-4-11-7-15(19(24)21-18(10)11)14-9-17(23)20-16-8-12(22)5-6-13(14)16/h2-8,14,22H,9H2,1H3,(H,20,23)(H,21,24). The Morgan fingerprint density at radius 2 is 1.92 bits per heavy atom. The van der Waals surface area contributed by atoms with Crippen molar-refractivity contribution in [3.05, 3.63) is 69.5 Å². The minimum Gasteiger partial charge on any atom is -0.508 e. The number of amides is 1. The zero-order chi connectivity index (χ0) is 16.8. The molecule has 0 fully saturated rings. The van der Waals surface area contributed by atoms with Gasteiger partial charge in [0.1, 0.15) is 5.75 Å². The number of hydrogen-bond acceptors (Lipinski definition) is 3. The van der Waals surface area contributed by atoms with Crippen LogP contribution in [0.2, 0.25) is 0 Å². The van der Waals surface area contributed by atoms with Crippen LogP contribution < -0.4 is 10.9 Å². The van der Waals surface area contributed by atoms with E-state index in [0.717, 1.165) is 22.0 Å². The number of aryl methyl sites for hydroxylation is 1. The van der Waals surface area contributed by atoms with Gasteiger partial charge in [0, 0.05) is 29.7 Å². The van der Waals surface area contributed by atoms with Crippen LogP contribution >= 0.6 is 0 Å². The van der Waals surface area contributed by atoms with Crippen molar-refractivity contribution in [2.75, 3.05) is 5.32 Å². The molecule has 24 heavy (non-hydrogen) atoms. The number of anilines is 1. The highest BCUT2D eigenvalue weighted by Crippen LogP contribution is 2.38. The summed E-state index contributed by atoms with van der Waals surface area (Å²) in [7, 11) is 0. The lowest BCUT2D eigenvalue weighted by Gasteiger charge is -2.25. The van der Waals surface area contributed by atoms with E-state index < -0.39 is 0 Å². The first kappa shape index (κ1) is 14.5. The number of H-pyrrole nitrogens is 1. The molecular weight excluding hydrogens is 304 g/mol. The van der Waals surface area contributed by atoms with Gasteiger partial charge in [0.15, 0.2) is 0 Å². The number of aromatic nitrogens is 1. The lowest BCUT2D eigenvalue weighted by Crippen LogP contribution is -2.27. The summed E-state index contributed by atoms with van der Waals surface area (Å²) >= 11 is 0. The Kier molecular flexibility index (Phi) is 3.16. The molecular formula is C19H16N2O3. The maximum Gasteiger partial charge on any atom is 0.252 e. The first-order valence-corrected chi connectivity index (χ1v) is 7.78. The third kappa shape index (κ3) is 2.25. The average molecular weight is 320 g/mol. The Bertz CT molecular complexity index is 1040. The molecule has 3 N–H and O–H groups in total. The van der Waals surface area contributed by atoms with Crippen molar-refractivity contribution in [3.8, 4) is 5.75 Å². The van der Waals surface area contributed by atoms with Gasteiger partial charge in [-0.2, -0.15) is 0 Å². The van der Waals surface area contributed by atoms with Gasteiger partial charge in [0.25, 0.3) is 5.56 Å². The van der Waals surface area contributed by atoms with Crippen LogP contribution in [0.15, 0.2) is 47.3 Å². The Balaban J connectivity index is 1.94. The smallest absolute Gasteiger partial charge is 0.252 e. The van der Waals surface area contributed by atoms with Gasteiger partial charge in [-0.15, -0.1) is 0 Å². The molecule has 4 rings (SSSR count). The Hall–Kier alpha value is -3.08. The monoisotopic (exact) mass is 320 g/mol. The second-order valence-corrected chi connectivity index (χ2v) is 6.17. The summed E-state index contributed by atoms with van der Waals surface area (Å²) in [6, 6.07) is 12.5. The predicted molar refractivity (Wildman–Crippen MR) is 92.5 cm³/mol. The van der Waals surface area contributed by atoms with Crippen LogP contribution in [-0.4, -0.2) is 16.0 Å². The molecule has 2 aromatic carbocycles. The number of aromatic amines is 1. The molecule has 0 aliphatic carbocycles. The number of benzene rings is 2. The Labute approximate surface area is 138 Å². The van der Waals surface area contributed by atoms with Crippen LogP contribution in [0.4, 0.5) is 5.69 Å². The second kappa shape index (κ2) is 5.23. The molecule has 1 aliphatic rings. The number of pyridine rings is 1. The van der Waals surface area contributed by atoms with E-state index in [4.69, 9.17) is 0 Å². The number of hydrogen-bond donors (Lipinski definition) is 3. The normalized spacial score (nSPS) is 16.7. The molecule has 0 saturated heterocycles. The number of carbonyl (C=O) groups excluding carboxylic acids is 1. The van der Waals surface area contributed by atoms with Gasteiger partial charge in [-0.1, -0.05) is 24.3 Å². The van der Waals surface area contributed by atoms with Crippen LogP contribution in [0.3, 0.4) is 0 Å². The first-order valence-electron chi connectivity index (χ1n) is 7.78. The maximum absolute atomic E-state index is 12.6. The fourth-order valence-corrected chi connectivity index (χ4v) is 3.39. The predicted octanol–water partition coefficient (Wildman–Crippen LogP) is 3.02. The van der Waals surface area contributed by atoms with Crippen molar-refractivity contribution < 1.29 is 9.90 Å². The van der Waals surface area contributed by atoms with Crippen molar-refractivity contribution in [1.29, 1.82) is 0 Å². The molecule has 3 aromatic rings. The summed E-state index contributed by atoms with van der Waals surface area (Å²) in [6.07, 6.45) is 0.207. The van der Waals surface area contributed by atoms with E-state index in [1.807, 2.05) is 31.2 Å². The summed E-state index contributed by atoms with van der Waals surface area (Å²) in [5.41, 5.74) is 3.59. The molecule has 5 heteroatoms. The van der Waals surface area contributed by atoms with E-state index >= 15 is 0 Å². The molecule has 5 nitrogen and oxygen atoms in total. The number of rotatable bonds is 1. The van der Waals surface area contributed by atoms with E-state index in [2.05, 4.69) is 10.3 Å². The van der Waals surface area contributed by atoms with Gasteiger partial charge in [0.05, 0.1) is 5.52 Å². The summed E-state index contributed by atoms with van der Waals surface area (Å²) in [4.78, 5) is 27.6. The highest BCUT2D eigenvalue weighted by molar-refractivity contribution is 5.95. The van der Waals surface area contributed by atoms with Gasteiger partial charge in [-0.25, -0.2) is 0 Å². The molecule has 0 bridgehead atoms. The minimum atomic E-state index is -0.331. The fourth-order valence-electron chi connectivity index (χ4n) is 3.39. The van der Waals surface area contributed by atoms with Gasteiger partial charge in [-0.3, -0.25) is 9.59 Å². The van der Waals surface area contributed by atoms with Crippen molar-refractivity contribution in [3.63, 3.8) is 0 Å². The highest BCUT2D eigenvalue weighted by Gasteiger charge is 2.28. The maximum atomic E-state index is 12.6. The summed E-state index contributed by atoms with van der Waals surface area (Å²) < 4.78 is 0. The molecule has 1 aliphatic heterocycles. The summed E-state index contributed by atoms with van der Waals surface area (Å²) in [6.45, 7) is 1.95. The van der Waals surface area contributed by atoms with Crippen molar-refractivity contribution in [1.82, 2.24) is 4.98 Å². The molecule has 1 amide bonds. The molecule has 1 unspecified atom stereocenters. The second-order valence-electron chi connectivity index (χ2n) is 6.17. The molecule has 0 spiro atoms. The lowest BCUT2D eigenvalue weighted by molar-refractivity contribution is -0.116. The van der Waals surface area contributed by atoms with E-state index in [1.165, 1.54) is 6.07 Å². The zero-order valence-electron chi connectivity index (χ0n) is 13.1. The fraction of sp³-hybridized carbons (Fsp3) is 0.158. The molecule has 0 radical (unpaired) electrons. The van der Waals surface area contributed by atoms with E-state index in [-0.39, 0.29) is 29.6 Å². The number of aromatic hydroxyl groups is 1. The summed E-state index contributed by atoms with van der Waals surface area (Å²) in [5.74, 6) is -0.414. The van der Waals surface area contributed by atoms with Crippen LogP contribution in [0.5, 0.6) is 5.75 Å².